The van der Waals surface area contributed by atoms with Crippen molar-refractivity contribution >= 4 is 0 Å². The maximum absolute atomic E-state index is 13.6. The molecule has 0 heterocycles. The summed E-state index contributed by atoms with van der Waals surface area (Å²) in [6, 6.07) is 3.97. The molecule has 2 heteroatoms. The van der Waals surface area contributed by atoms with Crippen LogP contribution in [-0.2, 0) is 6.42 Å². The van der Waals surface area contributed by atoms with Crippen LogP contribution in [0.5, 0.6) is 0 Å². The van der Waals surface area contributed by atoms with Gasteiger partial charge in [-0.3, -0.25) is 0 Å². The summed E-state index contributed by atoms with van der Waals surface area (Å²) in [4.78, 5) is 0. The van der Waals surface area contributed by atoms with Gasteiger partial charge >= 0.3 is 0 Å². The number of rotatable bonds is 8. The molecule has 1 aliphatic carbocycles. The van der Waals surface area contributed by atoms with Crippen molar-refractivity contribution in [2.45, 2.75) is 77.6 Å². The number of hydrogen-bond donors (Lipinski definition) is 0. The first-order chi connectivity index (χ1) is 10.7. The largest absolute Gasteiger partial charge is 0.207 e. The fourth-order valence-electron chi connectivity index (χ4n) is 3.75. The van der Waals surface area contributed by atoms with E-state index < -0.39 is 5.82 Å². The van der Waals surface area contributed by atoms with E-state index in [2.05, 4.69) is 6.92 Å². The second-order valence-electron chi connectivity index (χ2n) is 7.01. The fraction of sp³-hybridized carbons (Fsp3) is 0.700. The second-order valence-corrected chi connectivity index (χ2v) is 7.01. The van der Waals surface area contributed by atoms with E-state index in [9.17, 15) is 8.78 Å². The molecule has 0 bridgehead atoms. The van der Waals surface area contributed by atoms with Gasteiger partial charge in [-0.05, 0) is 36.3 Å². The Labute approximate surface area is 134 Å². The zero-order valence-electron chi connectivity index (χ0n) is 13.9. The summed E-state index contributed by atoms with van der Waals surface area (Å²) < 4.78 is 26.5. The minimum absolute atomic E-state index is 0.385. The van der Waals surface area contributed by atoms with Gasteiger partial charge in [0.05, 0.1) is 0 Å². The number of hydrogen-bond acceptors (Lipinski definition) is 0. The monoisotopic (exact) mass is 308 g/mol. The predicted octanol–water partition coefficient (Wildman–Crippen LogP) is 6.67. The van der Waals surface area contributed by atoms with Crippen LogP contribution in [0.4, 0.5) is 8.78 Å². The Morgan fingerprint density at radius 1 is 0.909 bits per heavy atom. The van der Waals surface area contributed by atoms with Crippen LogP contribution in [-0.4, -0.2) is 0 Å². The third-order valence-corrected chi connectivity index (χ3v) is 5.27. The zero-order chi connectivity index (χ0) is 15.8. The third-order valence-electron chi connectivity index (χ3n) is 5.27. The van der Waals surface area contributed by atoms with Crippen LogP contribution in [0.25, 0.3) is 0 Å². The smallest absolute Gasteiger partial charge is 0.129 e. The lowest BCUT2D eigenvalue weighted by atomic mass is 9.77. The van der Waals surface area contributed by atoms with E-state index in [1.807, 2.05) is 0 Å². The molecule has 124 valence electrons. The number of halogens is 2. The van der Waals surface area contributed by atoms with E-state index in [-0.39, 0.29) is 5.82 Å². The minimum atomic E-state index is -0.482. The molecule has 1 fully saturated rings. The molecule has 0 aromatic heterocycles. The fourth-order valence-corrected chi connectivity index (χ4v) is 3.75. The molecule has 1 aromatic rings. The van der Waals surface area contributed by atoms with Crippen molar-refractivity contribution in [2.24, 2.45) is 11.8 Å². The van der Waals surface area contributed by atoms with Crippen molar-refractivity contribution in [1.82, 2.24) is 0 Å². The van der Waals surface area contributed by atoms with Crippen molar-refractivity contribution in [3.05, 3.63) is 35.4 Å². The summed E-state index contributed by atoms with van der Waals surface area (Å²) in [5, 5.41) is 0. The van der Waals surface area contributed by atoms with Gasteiger partial charge in [-0.25, -0.2) is 8.78 Å². The normalized spacial score (nSPS) is 22.0. The maximum Gasteiger partial charge on any atom is 0.129 e. The maximum atomic E-state index is 13.6. The molecule has 0 spiro atoms. The third kappa shape index (κ3) is 5.70. The van der Waals surface area contributed by atoms with Crippen molar-refractivity contribution in [2.75, 3.05) is 0 Å². The second kappa shape index (κ2) is 9.27. The molecule has 0 nitrogen and oxygen atoms in total. The Kier molecular flexibility index (Phi) is 7.35. The van der Waals surface area contributed by atoms with Gasteiger partial charge in [-0.15, -0.1) is 0 Å². The number of unbranched alkanes of at least 4 members (excludes halogenated alkanes) is 3. The SMILES string of the molecule is CCCCCCC1CCC(CCc2ccc(F)cc2F)CC1. The lowest BCUT2D eigenvalue weighted by Gasteiger charge is -2.28. The molecule has 0 N–H and O–H groups in total. The Morgan fingerprint density at radius 3 is 2.23 bits per heavy atom. The summed E-state index contributed by atoms with van der Waals surface area (Å²) in [5.41, 5.74) is 0.670. The van der Waals surface area contributed by atoms with Crippen molar-refractivity contribution in [1.29, 1.82) is 0 Å². The molecule has 22 heavy (non-hydrogen) atoms. The average Bonchev–Trinajstić information content (AvgIpc) is 2.52. The van der Waals surface area contributed by atoms with Crippen LogP contribution >= 0.6 is 0 Å². The highest BCUT2D eigenvalue weighted by Gasteiger charge is 2.21. The van der Waals surface area contributed by atoms with Crippen LogP contribution in [0.2, 0.25) is 0 Å². The molecule has 0 unspecified atom stereocenters. The lowest BCUT2D eigenvalue weighted by molar-refractivity contribution is 0.248. The van der Waals surface area contributed by atoms with Crippen LogP contribution in [0.3, 0.4) is 0 Å². The van der Waals surface area contributed by atoms with Gasteiger partial charge in [0, 0.05) is 6.07 Å². The van der Waals surface area contributed by atoms with E-state index in [1.165, 1.54) is 63.9 Å². The quantitative estimate of drug-likeness (QED) is 0.470. The summed E-state index contributed by atoms with van der Waals surface area (Å²) in [5.74, 6) is 0.793. The summed E-state index contributed by atoms with van der Waals surface area (Å²) >= 11 is 0. The van der Waals surface area contributed by atoms with Crippen molar-refractivity contribution in [3.63, 3.8) is 0 Å². The predicted molar refractivity (Wildman–Crippen MR) is 88.9 cm³/mol. The molecular weight excluding hydrogens is 278 g/mol. The molecule has 0 saturated heterocycles. The van der Waals surface area contributed by atoms with Gasteiger partial charge < -0.3 is 0 Å². The number of aryl methyl sites for hydroxylation is 1. The topological polar surface area (TPSA) is 0 Å². The van der Waals surface area contributed by atoms with Gasteiger partial charge in [0.25, 0.3) is 0 Å². The van der Waals surface area contributed by atoms with E-state index in [0.29, 0.717) is 5.56 Å². The molecule has 2 rings (SSSR count). The van der Waals surface area contributed by atoms with Crippen molar-refractivity contribution in [3.8, 4) is 0 Å². The molecule has 0 radical (unpaired) electrons. The van der Waals surface area contributed by atoms with Crippen LogP contribution in [0, 0.1) is 23.5 Å². The highest BCUT2D eigenvalue weighted by molar-refractivity contribution is 5.18. The lowest BCUT2D eigenvalue weighted by Crippen LogP contribution is -2.15. The number of benzene rings is 1. The highest BCUT2D eigenvalue weighted by Crippen LogP contribution is 2.34. The Morgan fingerprint density at radius 2 is 1.59 bits per heavy atom. The Hall–Kier alpha value is -0.920. The van der Waals surface area contributed by atoms with Crippen molar-refractivity contribution < 1.29 is 8.78 Å². The average molecular weight is 308 g/mol. The van der Waals surface area contributed by atoms with E-state index in [0.717, 1.165) is 30.7 Å². The van der Waals surface area contributed by atoms with Gasteiger partial charge in [0.1, 0.15) is 11.6 Å². The molecule has 1 aromatic carbocycles. The Bertz CT molecular complexity index is 433. The van der Waals surface area contributed by atoms with Gasteiger partial charge in [0.15, 0.2) is 0 Å². The molecule has 1 aliphatic rings. The molecule has 0 atom stereocenters. The molecule has 0 aliphatic heterocycles. The van der Waals surface area contributed by atoms with E-state index >= 15 is 0 Å². The summed E-state index contributed by atoms with van der Waals surface area (Å²) in [7, 11) is 0. The summed E-state index contributed by atoms with van der Waals surface area (Å²) in [6.45, 7) is 2.26. The first-order valence-corrected chi connectivity index (χ1v) is 9.13. The highest BCUT2D eigenvalue weighted by atomic mass is 19.1. The summed E-state index contributed by atoms with van der Waals surface area (Å²) in [6.07, 6.45) is 14.0. The zero-order valence-corrected chi connectivity index (χ0v) is 13.9. The Balaban J connectivity index is 1.65. The minimum Gasteiger partial charge on any atom is -0.207 e. The van der Waals surface area contributed by atoms with Crippen LogP contribution in [0.1, 0.15) is 76.7 Å². The van der Waals surface area contributed by atoms with E-state index in [4.69, 9.17) is 0 Å². The molecule has 0 amide bonds. The molecule has 1 saturated carbocycles. The first kappa shape index (κ1) is 17.4. The van der Waals surface area contributed by atoms with Gasteiger partial charge in [0.2, 0.25) is 0 Å². The van der Waals surface area contributed by atoms with Gasteiger partial charge in [-0.2, -0.15) is 0 Å². The molecular formula is C20H30F2. The van der Waals surface area contributed by atoms with Gasteiger partial charge in [-0.1, -0.05) is 70.8 Å². The van der Waals surface area contributed by atoms with E-state index in [1.54, 1.807) is 6.07 Å². The standard InChI is InChI=1S/C20H30F2/c1-2-3-4-5-6-16-7-9-17(10-8-16)11-12-18-13-14-19(21)15-20(18)22/h13-17H,2-12H2,1H3. The first-order valence-electron chi connectivity index (χ1n) is 9.13. The van der Waals surface area contributed by atoms with Crippen LogP contribution in [0.15, 0.2) is 18.2 Å². The van der Waals surface area contributed by atoms with Crippen LogP contribution < -0.4 is 0 Å².